The molecule has 2 aromatic rings. The minimum atomic E-state index is -3.18. The van der Waals surface area contributed by atoms with Crippen LogP contribution < -0.4 is 9.80 Å². The molecule has 2 atom stereocenters. The van der Waals surface area contributed by atoms with E-state index in [-0.39, 0.29) is 29.6 Å². The van der Waals surface area contributed by atoms with Crippen molar-refractivity contribution in [2.24, 2.45) is 0 Å². The Kier molecular flexibility index (Phi) is 3.84. The zero-order valence-corrected chi connectivity index (χ0v) is 16.0. The van der Waals surface area contributed by atoms with Gasteiger partial charge >= 0.3 is 6.03 Å². The Hall–Kier alpha value is -2.34. The Morgan fingerprint density at radius 3 is 2.27 bits per heavy atom. The number of urea groups is 1. The Bertz CT molecular complexity index is 1000. The normalized spacial score (nSPS) is 24.2. The van der Waals surface area contributed by atoms with Crippen molar-refractivity contribution in [3.8, 4) is 0 Å². The highest BCUT2D eigenvalue weighted by molar-refractivity contribution is 7.91. The third kappa shape index (κ3) is 2.60. The average Bonchev–Trinajstić information content (AvgIpc) is 2.99. The number of hydrogen-bond acceptors (Lipinski definition) is 3. The molecule has 2 aromatic carbocycles. The number of sulfone groups is 1. The Morgan fingerprint density at radius 1 is 0.923 bits per heavy atom. The van der Waals surface area contributed by atoms with Crippen molar-refractivity contribution in [3.63, 3.8) is 0 Å². The molecule has 6 heteroatoms. The molecule has 5 nitrogen and oxygen atoms in total. The van der Waals surface area contributed by atoms with Crippen molar-refractivity contribution in [1.29, 1.82) is 0 Å². The van der Waals surface area contributed by atoms with E-state index < -0.39 is 9.84 Å². The summed E-state index contributed by atoms with van der Waals surface area (Å²) in [6, 6.07) is 12.6. The Morgan fingerprint density at radius 2 is 1.58 bits per heavy atom. The highest BCUT2D eigenvalue weighted by Gasteiger charge is 2.54. The fourth-order valence-corrected chi connectivity index (χ4v) is 5.98. The number of benzene rings is 2. The summed E-state index contributed by atoms with van der Waals surface area (Å²) in [5.41, 5.74) is 4.70. The lowest BCUT2D eigenvalue weighted by Gasteiger charge is -2.24. The Labute approximate surface area is 154 Å². The molecule has 0 bridgehead atoms. The van der Waals surface area contributed by atoms with Gasteiger partial charge in [0.25, 0.3) is 0 Å². The van der Waals surface area contributed by atoms with Crippen LogP contribution in [0.25, 0.3) is 0 Å². The number of rotatable bonds is 2. The predicted molar refractivity (Wildman–Crippen MR) is 104 cm³/mol. The number of aryl methyl sites for hydroxylation is 2. The SMILES string of the molecule is Cc1cccc(N2C(=O)N(c3cccc(C)c3C)[C@@H]3CS(=O)(=O)C[C@H]32)c1. The van der Waals surface area contributed by atoms with Crippen LogP contribution in [-0.4, -0.2) is 38.0 Å². The van der Waals surface area contributed by atoms with Gasteiger partial charge in [-0.25, -0.2) is 13.2 Å². The molecule has 2 fully saturated rings. The maximum atomic E-state index is 13.4. The van der Waals surface area contributed by atoms with Crippen molar-refractivity contribution in [2.75, 3.05) is 21.3 Å². The van der Waals surface area contributed by atoms with Crippen LogP contribution in [0.5, 0.6) is 0 Å². The van der Waals surface area contributed by atoms with Crippen LogP contribution in [0, 0.1) is 20.8 Å². The molecule has 4 rings (SSSR count). The van der Waals surface area contributed by atoms with Gasteiger partial charge in [0.05, 0.1) is 23.6 Å². The molecule has 0 radical (unpaired) electrons. The van der Waals surface area contributed by atoms with Crippen LogP contribution in [0.2, 0.25) is 0 Å². The van der Waals surface area contributed by atoms with E-state index in [1.807, 2.05) is 63.2 Å². The molecule has 0 aromatic heterocycles. The summed E-state index contributed by atoms with van der Waals surface area (Å²) < 4.78 is 24.7. The molecule has 2 amide bonds. The number of amides is 2. The molecule has 2 heterocycles. The van der Waals surface area contributed by atoms with Gasteiger partial charge < -0.3 is 0 Å². The number of carbonyl (C=O) groups is 1. The largest absolute Gasteiger partial charge is 0.329 e. The maximum absolute atomic E-state index is 13.4. The van der Waals surface area contributed by atoms with Gasteiger partial charge in [0, 0.05) is 11.4 Å². The number of fused-ring (bicyclic) bond motifs is 1. The molecule has 0 spiro atoms. The van der Waals surface area contributed by atoms with E-state index in [4.69, 9.17) is 0 Å². The van der Waals surface area contributed by atoms with Crippen LogP contribution in [0.15, 0.2) is 42.5 Å². The lowest BCUT2D eigenvalue weighted by molar-refractivity contribution is 0.255. The molecule has 26 heavy (non-hydrogen) atoms. The van der Waals surface area contributed by atoms with Gasteiger partial charge in [0.2, 0.25) is 0 Å². The lowest BCUT2D eigenvalue weighted by atomic mass is 10.1. The fourth-order valence-electron chi connectivity index (χ4n) is 4.06. The number of hydrogen-bond donors (Lipinski definition) is 0. The molecule has 2 saturated heterocycles. The van der Waals surface area contributed by atoms with Crippen molar-refractivity contribution < 1.29 is 13.2 Å². The van der Waals surface area contributed by atoms with E-state index >= 15 is 0 Å². The van der Waals surface area contributed by atoms with Crippen LogP contribution in [0.1, 0.15) is 16.7 Å². The third-order valence-corrected chi connectivity index (χ3v) is 7.18. The molecular weight excluding hydrogens is 348 g/mol. The quantitative estimate of drug-likeness (QED) is 0.763. The second kappa shape index (κ2) is 5.84. The summed E-state index contributed by atoms with van der Waals surface area (Å²) in [6.45, 7) is 5.95. The highest BCUT2D eigenvalue weighted by Crippen LogP contribution is 2.39. The molecule has 2 aliphatic rings. The van der Waals surface area contributed by atoms with Crippen LogP contribution in [-0.2, 0) is 9.84 Å². The first-order chi connectivity index (χ1) is 12.3. The first-order valence-corrected chi connectivity index (χ1v) is 10.6. The number of anilines is 2. The van der Waals surface area contributed by atoms with Crippen molar-refractivity contribution in [1.82, 2.24) is 0 Å². The van der Waals surface area contributed by atoms with Crippen molar-refractivity contribution in [2.45, 2.75) is 32.9 Å². The molecule has 0 unspecified atom stereocenters. The van der Waals surface area contributed by atoms with Gasteiger partial charge in [-0.05, 0) is 55.7 Å². The predicted octanol–water partition coefficient (Wildman–Crippen LogP) is 3.22. The smallest absolute Gasteiger partial charge is 0.288 e. The minimum absolute atomic E-state index is 0.0126. The summed E-state index contributed by atoms with van der Waals surface area (Å²) in [7, 11) is -3.18. The minimum Gasteiger partial charge on any atom is -0.288 e. The molecule has 136 valence electrons. The second-order valence-corrected chi connectivity index (χ2v) is 9.45. The van der Waals surface area contributed by atoms with Gasteiger partial charge in [-0.1, -0.05) is 24.3 Å². The third-order valence-electron chi connectivity index (χ3n) is 5.48. The summed E-state index contributed by atoms with van der Waals surface area (Å²) in [6.07, 6.45) is 0. The summed E-state index contributed by atoms with van der Waals surface area (Å²) in [5, 5.41) is 0. The van der Waals surface area contributed by atoms with Gasteiger partial charge in [-0.3, -0.25) is 9.80 Å². The summed E-state index contributed by atoms with van der Waals surface area (Å²) >= 11 is 0. The molecule has 0 saturated carbocycles. The van der Waals surface area contributed by atoms with E-state index in [9.17, 15) is 13.2 Å². The number of nitrogens with zero attached hydrogens (tertiary/aromatic N) is 2. The van der Waals surface area contributed by atoms with Gasteiger partial charge in [-0.15, -0.1) is 0 Å². The van der Waals surface area contributed by atoms with E-state index in [0.717, 1.165) is 28.1 Å². The molecule has 0 aliphatic carbocycles. The van der Waals surface area contributed by atoms with E-state index in [1.54, 1.807) is 9.80 Å². The van der Waals surface area contributed by atoms with Crippen LogP contribution in [0.4, 0.5) is 16.2 Å². The molecular formula is C20H22N2O3S. The Balaban J connectivity index is 1.86. The lowest BCUT2D eigenvalue weighted by Crippen LogP contribution is -2.38. The maximum Gasteiger partial charge on any atom is 0.329 e. The van der Waals surface area contributed by atoms with Crippen molar-refractivity contribution >= 4 is 27.2 Å². The van der Waals surface area contributed by atoms with Crippen LogP contribution in [0.3, 0.4) is 0 Å². The van der Waals surface area contributed by atoms with Crippen LogP contribution >= 0.6 is 0 Å². The zero-order valence-electron chi connectivity index (χ0n) is 15.1. The zero-order chi connectivity index (χ0) is 18.6. The van der Waals surface area contributed by atoms with Gasteiger partial charge in [0.15, 0.2) is 9.84 Å². The van der Waals surface area contributed by atoms with E-state index in [1.165, 1.54) is 0 Å². The van der Waals surface area contributed by atoms with E-state index in [0.29, 0.717) is 0 Å². The van der Waals surface area contributed by atoms with Crippen molar-refractivity contribution in [3.05, 3.63) is 59.2 Å². The summed E-state index contributed by atoms with van der Waals surface area (Å²) in [4.78, 5) is 16.7. The second-order valence-electron chi connectivity index (χ2n) is 7.29. The van der Waals surface area contributed by atoms with Gasteiger partial charge in [-0.2, -0.15) is 0 Å². The highest BCUT2D eigenvalue weighted by atomic mass is 32.2. The molecule has 0 N–H and O–H groups in total. The molecule has 2 aliphatic heterocycles. The van der Waals surface area contributed by atoms with Gasteiger partial charge in [0.1, 0.15) is 0 Å². The first kappa shape index (κ1) is 17.1. The standard InChI is InChI=1S/C20H22N2O3S/c1-13-6-4-8-16(10-13)21-18-11-26(24,25)12-19(18)22(20(21)23)17-9-5-7-14(2)15(17)3/h4-10,18-19H,11-12H2,1-3H3/t18-,19-/m1/s1. The topological polar surface area (TPSA) is 57.7 Å². The van der Waals surface area contributed by atoms with E-state index in [2.05, 4.69) is 0 Å². The first-order valence-electron chi connectivity index (χ1n) is 8.74. The fraction of sp³-hybridized carbons (Fsp3) is 0.350. The summed E-state index contributed by atoms with van der Waals surface area (Å²) in [5.74, 6) is 0.0256. The monoisotopic (exact) mass is 370 g/mol. The average molecular weight is 370 g/mol. The number of carbonyl (C=O) groups excluding carboxylic acids is 1.